The van der Waals surface area contributed by atoms with Crippen LogP contribution >= 0.6 is 0 Å². The topological polar surface area (TPSA) is 61.0 Å². The van der Waals surface area contributed by atoms with Crippen molar-refractivity contribution in [2.24, 2.45) is 0 Å². The molecule has 1 amide bonds. The Hall–Kier alpha value is -1.29. The third-order valence-electron chi connectivity index (χ3n) is 1.56. The number of allylic oxidation sites excluding steroid dienone is 3. The molecule has 68 valence electrons. The molecule has 1 heterocycles. The zero-order valence-electron chi connectivity index (χ0n) is 7.20. The van der Waals surface area contributed by atoms with E-state index in [0.29, 0.717) is 0 Å². The monoisotopic (exact) mass is 171 g/mol. The minimum absolute atomic E-state index is 0. The van der Waals surface area contributed by atoms with Crippen LogP contribution in [-0.4, -0.2) is 23.6 Å². The van der Waals surface area contributed by atoms with Gasteiger partial charge in [-0.3, -0.25) is 4.90 Å². The molecule has 0 saturated heterocycles. The SMILES string of the molecule is COC(=O)N1C=CCC=C1C.O. The lowest BCUT2D eigenvalue weighted by Crippen LogP contribution is -2.24. The van der Waals surface area contributed by atoms with E-state index in [1.165, 1.54) is 12.0 Å². The molecule has 0 atom stereocenters. The molecule has 1 rings (SSSR count). The van der Waals surface area contributed by atoms with Crippen molar-refractivity contribution in [3.8, 4) is 0 Å². The molecular weight excluding hydrogens is 158 g/mol. The normalized spacial score (nSPS) is 14.8. The van der Waals surface area contributed by atoms with Crippen molar-refractivity contribution in [3.05, 3.63) is 24.0 Å². The predicted molar refractivity (Wildman–Crippen MR) is 45.4 cm³/mol. The molecule has 12 heavy (non-hydrogen) atoms. The number of hydrogen-bond donors (Lipinski definition) is 0. The van der Waals surface area contributed by atoms with E-state index in [-0.39, 0.29) is 11.6 Å². The molecule has 0 saturated carbocycles. The van der Waals surface area contributed by atoms with Gasteiger partial charge in [-0.1, -0.05) is 12.2 Å². The molecule has 0 aromatic carbocycles. The van der Waals surface area contributed by atoms with Gasteiger partial charge in [0.15, 0.2) is 0 Å². The van der Waals surface area contributed by atoms with Gasteiger partial charge in [0.05, 0.1) is 7.11 Å². The van der Waals surface area contributed by atoms with E-state index in [4.69, 9.17) is 0 Å². The molecule has 0 aromatic heterocycles. The van der Waals surface area contributed by atoms with Gasteiger partial charge < -0.3 is 10.2 Å². The highest BCUT2D eigenvalue weighted by molar-refractivity contribution is 5.71. The summed E-state index contributed by atoms with van der Waals surface area (Å²) in [5, 5.41) is 0. The lowest BCUT2D eigenvalue weighted by Gasteiger charge is -2.19. The average Bonchev–Trinajstić information content (AvgIpc) is 2.04. The fourth-order valence-corrected chi connectivity index (χ4v) is 0.924. The molecule has 4 heteroatoms. The van der Waals surface area contributed by atoms with Crippen molar-refractivity contribution in [3.63, 3.8) is 0 Å². The maximum absolute atomic E-state index is 11.0. The van der Waals surface area contributed by atoms with Crippen LogP contribution in [0, 0.1) is 0 Å². The summed E-state index contributed by atoms with van der Waals surface area (Å²) in [6.45, 7) is 1.88. The lowest BCUT2D eigenvalue weighted by atomic mass is 10.2. The Morgan fingerprint density at radius 3 is 2.83 bits per heavy atom. The van der Waals surface area contributed by atoms with E-state index in [1.54, 1.807) is 6.20 Å². The second-order valence-corrected chi connectivity index (χ2v) is 2.31. The lowest BCUT2D eigenvalue weighted by molar-refractivity contribution is 0.148. The second-order valence-electron chi connectivity index (χ2n) is 2.31. The van der Waals surface area contributed by atoms with Crippen LogP contribution in [-0.2, 0) is 4.74 Å². The van der Waals surface area contributed by atoms with Crippen molar-refractivity contribution >= 4 is 6.09 Å². The van der Waals surface area contributed by atoms with E-state index >= 15 is 0 Å². The van der Waals surface area contributed by atoms with Crippen molar-refractivity contribution in [2.75, 3.05) is 7.11 Å². The van der Waals surface area contributed by atoms with E-state index in [0.717, 1.165) is 12.1 Å². The Labute approximate surface area is 71.4 Å². The largest absolute Gasteiger partial charge is 0.452 e. The minimum atomic E-state index is -0.338. The summed E-state index contributed by atoms with van der Waals surface area (Å²) < 4.78 is 4.56. The molecule has 0 bridgehead atoms. The Morgan fingerprint density at radius 2 is 2.33 bits per heavy atom. The molecule has 0 fully saturated rings. The van der Waals surface area contributed by atoms with Crippen LogP contribution in [0.2, 0.25) is 0 Å². The average molecular weight is 171 g/mol. The van der Waals surface area contributed by atoms with Gasteiger partial charge in [-0.25, -0.2) is 4.79 Å². The highest BCUT2D eigenvalue weighted by atomic mass is 16.5. The number of nitrogens with zero attached hydrogens (tertiary/aromatic N) is 1. The summed E-state index contributed by atoms with van der Waals surface area (Å²) in [7, 11) is 1.37. The van der Waals surface area contributed by atoms with Gasteiger partial charge >= 0.3 is 6.09 Å². The van der Waals surface area contributed by atoms with Crippen LogP contribution in [0.15, 0.2) is 24.0 Å². The molecule has 0 aliphatic carbocycles. The van der Waals surface area contributed by atoms with Crippen molar-refractivity contribution < 1.29 is 15.0 Å². The number of hydrogen-bond acceptors (Lipinski definition) is 2. The van der Waals surface area contributed by atoms with Crippen molar-refractivity contribution in [2.45, 2.75) is 13.3 Å². The smallest absolute Gasteiger partial charge is 0.417 e. The fraction of sp³-hybridized carbons (Fsp3) is 0.375. The first-order chi connectivity index (χ1) is 5.25. The number of methoxy groups -OCH3 is 1. The first-order valence-corrected chi connectivity index (χ1v) is 3.46. The second kappa shape index (κ2) is 4.56. The molecule has 0 aromatic rings. The maximum Gasteiger partial charge on any atom is 0.417 e. The van der Waals surface area contributed by atoms with E-state index in [2.05, 4.69) is 4.74 Å². The third-order valence-corrected chi connectivity index (χ3v) is 1.56. The number of amides is 1. The summed E-state index contributed by atoms with van der Waals surface area (Å²) in [5.74, 6) is 0. The zero-order valence-corrected chi connectivity index (χ0v) is 7.20. The molecule has 1 aliphatic rings. The van der Waals surface area contributed by atoms with Gasteiger partial charge in [-0.05, 0) is 13.3 Å². The van der Waals surface area contributed by atoms with Gasteiger partial charge in [-0.2, -0.15) is 0 Å². The van der Waals surface area contributed by atoms with Gasteiger partial charge in [0.1, 0.15) is 0 Å². The predicted octanol–water partition coefficient (Wildman–Crippen LogP) is 1.05. The van der Waals surface area contributed by atoms with E-state index in [9.17, 15) is 4.79 Å². The summed E-state index contributed by atoms with van der Waals surface area (Å²) >= 11 is 0. The van der Waals surface area contributed by atoms with Gasteiger partial charge in [0.25, 0.3) is 0 Å². The standard InChI is InChI=1S/C8H11NO2.H2O/c1-7-5-3-4-6-9(7)8(10)11-2;/h4-6H,3H2,1-2H3;1H2. The van der Waals surface area contributed by atoms with Crippen molar-refractivity contribution in [1.29, 1.82) is 0 Å². The maximum atomic E-state index is 11.0. The number of ether oxygens (including phenoxy) is 1. The van der Waals surface area contributed by atoms with E-state index < -0.39 is 0 Å². The first-order valence-electron chi connectivity index (χ1n) is 3.46. The number of carbonyl (C=O) groups excluding carboxylic acids is 1. The minimum Gasteiger partial charge on any atom is -0.452 e. The summed E-state index contributed by atoms with van der Waals surface area (Å²) in [6.07, 6.45) is 6.15. The highest BCUT2D eigenvalue weighted by Crippen LogP contribution is 2.12. The fourth-order valence-electron chi connectivity index (χ4n) is 0.924. The molecule has 0 unspecified atom stereocenters. The first kappa shape index (κ1) is 10.7. The third kappa shape index (κ3) is 2.10. The number of carbonyl (C=O) groups is 1. The summed E-state index contributed by atoms with van der Waals surface area (Å²) in [6, 6.07) is 0. The Kier molecular flexibility index (Phi) is 4.07. The van der Waals surface area contributed by atoms with Crippen LogP contribution < -0.4 is 0 Å². The number of rotatable bonds is 0. The van der Waals surface area contributed by atoms with Crippen LogP contribution in [0.1, 0.15) is 13.3 Å². The van der Waals surface area contributed by atoms with Crippen LogP contribution in [0.25, 0.3) is 0 Å². The van der Waals surface area contributed by atoms with E-state index in [1.807, 2.05) is 19.1 Å². The van der Waals surface area contributed by atoms with Crippen LogP contribution in [0.4, 0.5) is 4.79 Å². The molecular formula is C8H13NO3. The Bertz CT molecular complexity index is 220. The quantitative estimate of drug-likeness (QED) is 0.547. The van der Waals surface area contributed by atoms with Gasteiger partial charge in [0.2, 0.25) is 0 Å². The van der Waals surface area contributed by atoms with Crippen LogP contribution in [0.5, 0.6) is 0 Å². The summed E-state index contributed by atoms with van der Waals surface area (Å²) in [4.78, 5) is 12.5. The van der Waals surface area contributed by atoms with Gasteiger partial charge in [0, 0.05) is 11.9 Å². The summed E-state index contributed by atoms with van der Waals surface area (Å²) in [5.41, 5.74) is 0.916. The van der Waals surface area contributed by atoms with Gasteiger partial charge in [-0.15, -0.1) is 0 Å². The Morgan fingerprint density at radius 1 is 1.67 bits per heavy atom. The molecule has 1 aliphatic heterocycles. The van der Waals surface area contributed by atoms with Crippen LogP contribution in [0.3, 0.4) is 0 Å². The highest BCUT2D eigenvalue weighted by Gasteiger charge is 2.13. The molecule has 4 nitrogen and oxygen atoms in total. The molecule has 2 N–H and O–H groups in total. The Balaban J connectivity index is 0.00000121. The zero-order chi connectivity index (χ0) is 8.27. The molecule has 0 radical (unpaired) electrons. The molecule has 0 spiro atoms. The van der Waals surface area contributed by atoms with Crippen molar-refractivity contribution in [1.82, 2.24) is 4.90 Å².